The Morgan fingerprint density at radius 1 is 1.06 bits per heavy atom. The third-order valence-electron chi connectivity index (χ3n) is 6.21. The Morgan fingerprint density at radius 2 is 1.84 bits per heavy atom. The fraction of sp³-hybridized carbons (Fsp3) is 0.231. The average molecular weight is 448 g/mol. The molecule has 2 heterocycles. The van der Waals surface area contributed by atoms with Gasteiger partial charge in [0.15, 0.2) is 0 Å². The number of nitrogens with zero attached hydrogens (tertiary/aromatic N) is 3. The third kappa shape index (κ3) is 3.67. The van der Waals surface area contributed by atoms with E-state index in [9.17, 15) is 9.18 Å². The second kappa shape index (κ2) is 8.40. The lowest BCUT2D eigenvalue weighted by Crippen LogP contribution is -2.24. The standard InChI is InChI=1S/C26H23ClFN3O/c1-2-17-10-12-19(13-11-17)30-15-18(14-25(30)32)26-29-23-8-3-4-9-24(23)31(26)16-20-21(27)6-5-7-22(20)28/h3-13,18H,2,14-16H2,1H3. The lowest BCUT2D eigenvalue weighted by atomic mass is 10.1. The number of amides is 1. The SMILES string of the molecule is CCc1ccc(N2CC(c3nc4ccccc4n3Cc3c(F)cccc3Cl)CC2=O)cc1. The van der Waals surface area contributed by atoms with Crippen LogP contribution in [0.15, 0.2) is 66.7 Å². The molecule has 4 nitrogen and oxygen atoms in total. The maximum absolute atomic E-state index is 14.6. The molecule has 32 heavy (non-hydrogen) atoms. The number of anilines is 1. The summed E-state index contributed by atoms with van der Waals surface area (Å²) >= 11 is 6.32. The van der Waals surface area contributed by atoms with Crippen molar-refractivity contribution in [3.05, 3.63) is 94.5 Å². The Morgan fingerprint density at radius 3 is 2.59 bits per heavy atom. The Balaban J connectivity index is 1.53. The highest BCUT2D eigenvalue weighted by atomic mass is 35.5. The summed E-state index contributed by atoms with van der Waals surface area (Å²) in [6.45, 7) is 2.91. The lowest BCUT2D eigenvalue weighted by molar-refractivity contribution is -0.117. The normalized spacial score (nSPS) is 16.3. The number of carbonyl (C=O) groups excluding carboxylic acids is 1. The number of carbonyl (C=O) groups is 1. The van der Waals surface area contributed by atoms with Gasteiger partial charge in [-0.1, -0.05) is 48.9 Å². The summed E-state index contributed by atoms with van der Waals surface area (Å²) in [6, 6.07) is 20.6. The third-order valence-corrected chi connectivity index (χ3v) is 6.56. The summed E-state index contributed by atoms with van der Waals surface area (Å²) in [7, 11) is 0. The van der Waals surface area contributed by atoms with E-state index in [1.54, 1.807) is 12.1 Å². The number of hydrogen-bond acceptors (Lipinski definition) is 2. The number of aryl methyl sites for hydroxylation is 1. The highest BCUT2D eigenvalue weighted by Crippen LogP contribution is 2.34. The first-order valence-corrected chi connectivity index (χ1v) is 11.2. The van der Waals surface area contributed by atoms with Crippen LogP contribution in [0.1, 0.15) is 36.2 Å². The van der Waals surface area contributed by atoms with E-state index in [1.165, 1.54) is 11.6 Å². The zero-order valence-electron chi connectivity index (χ0n) is 17.8. The van der Waals surface area contributed by atoms with Crippen molar-refractivity contribution in [2.24, 2.45) is 0 Å². The van der Waals surface area contributed by atoms with Crippen LogP contribution in [0.25, 0.3) is 11.0 Å². The molecule has 1 aromatic heterocycles. The fourth-order valence-electron chi connectivity index (χ4n) is 4.46. The van der Waals surface area contributed by atoms with Gasteiger partial charge in [-0.2, -0.15) is 0 Å². The summed E-state index contributed by atoms with van der Waals surface area (Å²) < 4.78 is 16.6. The average Bonchev–Trinajstić information content (AvgIpc) is 3.37. The molecule has 4 aromatic rings. The lowest BCUT2D eigenvalue weighted by Gasteiger charge is -2.18. The number of fused-ring (bicyclic) bond motifs is 1. The molecule has 1 saturated heterocycles. The van der Waals surface area contributed by atoms with Crippen LogP contribution >= 0.6 is 11.6 Å². The molecule has 0 aliphatic carbocycles. The van der Waals surface area contributed by atoms with E-state index < -0.39 is 0 Å². The quantitative estimate of drug-likeness (QED) is 0.378. The topological polar surface area (TPSA) is 38.1 Å². The summed E-state index contributed by atoms with van der Waals surface area (Å²) in [4.78, 5) is 19.6. The monoisotopic (exact) mass is 447 g/mol. The summed E-state index contributed by atoms with van der Waals surface area (Å²) in [5, 5.41) is 0.383. The molecule has 1 unspecified atom stereocenters. The number of para-hydroxylation sites is 2. The van der Waals surface area contributed by atoms with Gasteiger partial charge >= 0.3 is 0 Å². The van der Waals surface area contributed by atoms with Crippen molar-refractivity contribution in [1.29, 1.82) is 0 Å². The number of aromatic nitrogens is 2. The molecule has 0 spiro atoms. The van der Waals surface area contributed by atoms with Crippen LogP contribution < -0.4 is 4.90 Å². The molecule has 1 fully saturated rings. The maximum atomic E-state index is 14.6. The Labute approximate surface area is 191 Å². The van der Waals surface area contributed by atoms with E-state index in [-0.39, 0.29) is 24.2 Å². The predicted octanol–water partition coefficient (Wildman–Crippen LogP) is 5.96. The number of benzene rings is 3. The van der Waals surface area contributed by atoms with E-state index in [2.05, 4.69) is 19.1 Å². The van der Waals surface area contributed by atoms with Gasteiger partial charge < -0.3 is 9.47 Å². The number of imidazole rings is 1. The smallest absolute Gasteiger partial charge is 0.227 e. The van der Waals surface area contributed by atoms with E-state index in [4.69, 9.17) is 16.6 Å². The molecule has 0 N–H and O–H groups in total. The van der Waals surface area contributed by atoms with Crippen LogP contribution in [0.2, 0.25) is 5.02 Å². The molecule has 0 bridgehead atoms. The van der Waals surface area contributed by atoms with Crippen molar-refractivity contribution in [1.82, 2.24) is 9.55 Å². The van der Waals surface area contributed by atoms with Gasteiger partial charge in [-0.3, -0.25) is 4.79 Å². The largest absolute Gasteiger partial charge is 0.323 e. The zero-order chi connectivity index (χ0) is 22.2. The number of rotatable bonds is 5. The molecule has 1 atom stereocenters. The molecule has 1 aliphatic rings. The van der Waals surface area contributed by atoms with Gasteiger partial charge in [0, 0.05) is 35.2 Å². The van der Waals surface area contributed by atoms with Crippen molar-refractivity contribution in [3.63, 3.8) is 0 Å². The maximum Gasteiger partial charge on any atom is 0.227 e. The molecule has 1 amide bonds. The summed E-state index contributed by atoms with van der Waals surface area (Å²) in [6.07, 6.45) is 1.32. The van der Waals surface area contributed by atoms with Crippen LogP contribution in [0.3, 0.4) is 0 Å². The zero-order valence-corrected chi connectivity index (χ0v) is 18.5. The number of halogens is 2. The highest BCUT2D eigenvalue weighted by Gasteiger charge is 2.35. The van der Waals surface area contributed by atoms with Crippen LogP contribution in [-0.4, -0.2) is 22.0 Å². The van der Waals surface area contributed by atoms with Gasteiger partial charge in [0.25, 0.3) is 0 Å². The van der Waals surface area contributed by atoms with Crippen LogP contribution in [-0.2, 0) is 17.8 Å². The molecule has 6 heteroatoms. The van der Waals surface area contributed by atoms with Crippen molar-refractivity contribution >= 4 is 34.2 Å². The van der Waals surface area contributed by atoms with Gasteiger partial charge in [-0.25, -0.2) is 9.37 Å². The molecule has 3 aromatic carbocycles. The van der Waals surface area contributed by atoms with Crippen LogP contribution in [0.5, 0.6) is 0 Å². The van der Waals surface area contributed by atoms with E-state index >= 15 is 0 Å². The van der Waals surface area contributed by atoms with Gasteiger partial charge in [-0.15, -0.1) is 0 Å². The van der Waals surface area contributed by atoms with Crippen LogP contribution in [0, 0.1) is 5.82 Å². The first kappa shape index (κ1) is 20.7. The molecule has 1 aliphatic heterocycles. The molecule has 5 rings (SSSR count). The molecule has 162 valence electrons. The van der Waals surface area contributed by atoms with Gasteiger partial charge in [0.05, 0.1) is 17.6 Å². The van der Waals surface area contributed by atoms with E-state index in [0.717, 1.165) is 29.0 Å². The van der Waals surface area contributed by atoms with E-state index in [0.29, 0.717) is 23.6 Å². The Hall–Kier alpha value is -3.18. The second-order valence-corrected chi connectivity index (χ2v) is 8.58. The Bertz CT molecular complexity index is 1280. The van der Waals surface area contributed by atoms with Crippen molar-refractivity contribution in [3.8, 4) is 0 Å². The van der Waals surface area contributed by atoms with Gasteiger partial charge in [0.2, 0.25) is 5.91 Å². The van der Waals surface area contributed by atoms with E-state index in [1.807, 2.05) is 45.9 Å². The molecule has 0 saturated carbocycles. The molecular formula is C26H23ClFN3O. The highest BCUT2D eigenvalue weighted by molar-refractivity contribution is 6.31. The van der Waals surface area contributed by atoms with Crippen molar-refractivity contribution in [2.45, 2.75) is 32.2 Å². The van der Waals surface area contributed by atoms with Crippen molar-refractivity contribution in [2.75, 3.05) is 11.4 Å². The number of hydrogen-bond donors (Lipinski definition) is 0. The molecule has 0 radical (unpaired) electrons. The summed E-state index contributed by atoms with van der Waals surface area (Å²) in [5.41, 5.74) is 4.29. The Kier molecular flexibility index (Phi) is 5.43. The second-order valence-electron chi connectivity index (χ2n) is 8.17. The van der Waals surface area contributed by atoms with Gasteiger partial charge in [-0.05, 0) is 48.4 Å². The first-order chi connectivity index (χ1) is 15.5. The summed E-state index contributed by atoms with van der Waals surface area (Å²) in [5.74, 6) is 0.418. The predicted molar refractivity (Wildman–Crippen MR) is 126 cm³/mol. The minimum absolute atomic E-state index is 0.0711. The van der Waals surface area contributed by atoms with Crippen molar-refractivity contribution < 1.29 is 9.18 Å². The first-order valence-electron chi connectivity index (χ1n) is 10.8. The van der Waals surface area contributed by atoms with Gasteiger partial charge in [0.1, 0.15) is 11.6 Å². The minimum atomic E-state index is -0.346. The minimum Gasteiger partial charge on any atom is -0.323 e. The fourth-order valence-corrected chi connectivity index (χ4v) is 4.68. The van der Waals surface area contributed by atoms with Crippen LogP contribution in [0.4, 0.5) is 10.1 Å². The molecular weight excluding hydrogens is 425 g/mol.